The lowest BCUT2D eigenvalue weighted by atomic mass is 10.2. The van der Waals surface area contributed by atoms with Gasteiger partial charge in [-0.05, 0) is 39.9 Å². The van der Waals surface area contributed by atoms with Crippen molar-refractivity contribution in [2.45, 2.75) is 51.3 Å². The Morgan fingerprint density at radius 2 is 2.17 bits per heavy atom. The first-order valence-corrected chi connectivity index (χ1v) is 7.43. The number of hydroxylamine groups is 1. The summed E-state index contributed by atoms with van der Waals surface area (Å²) in [6.07, 6.45) is 3.33. The van der Waals surface area contributed by atoms with Crippen molar-refractivity contribution in [3.05, 3.63) is 5.21 Å². The van der Waals surface area contributed by atoms with E-state index in [1.54, 1.807) is 4.90 Å². The molecule has 0 aliphatic carbocycles. The molecule has 6 heteroatoms. The van der Waals surface area contributed by atoms with Crippen LogP contribution in [0, 0.1) is 5.21 Å². The predicted molar refractivity (Wildman–Crippen MR) is 71.9 cm³/mol. The molecular weight excluding hydrogens is 252 g/mol. The van der Waals surface area contributed by atoms with Gasteiger partial charge in [0.05, 0.1) is 6.04 Å². The van der Waals surface area contributed by atoms with E-state index in [1.807, 2.05) is 27.0 Å². The summed E-state index contributed by atoms with van der Waals surface area (Å²) in [5.74, 6) is 0. The van der Waals surface area contributed by atoms with Gasteiger partial charge in [-0.3, -0.25) is 4.90 Å². The van der Waals surface area contributed by atoms with Gasteiger partial charge in [0.2, 0.25) is 5.04 Å². The number of hydrogen-bond acceptors (Lipinski definition) is 4. The third-order valence-electron chi connectivity index (χ3n) is 3.22. The molecule has 5 nitrogen and oxygen atoms in total. The second kappa shape index (κ2) is 4.64. The molecule has 2 bridgehead atoms. The molecule has 1 amide bonds. The summed E-state index contributed by atoms with van der Waals surface area (Å²) in [6.45, 7) is 5.94. The topological polar surface area (TPSA) is 55.6 Å². The van der Waals surface area contributed by atoms with Gasteiger partial charge < -0.3 is 9.94 Å². The first-order valence-electron chi connectivity index (χ1n) is 6.20. The maximum Gasteiger partial charge on any atom is 0.411 e. The molecule has 1 fully saturated rings. The molecule has 2 heterocycles. The van der Waals surface area contributed by atoms with Crippen LogP contribution in [0.2, 0.25) is 0 Å². The fourth-order valence-electron chi connectivity index (χ4n) is 2.58. The second-order valence-corrected chi connectivity index (χ2v) is 6.56. The third kappa shape index (κ3) is 2.43. The summed E-state index contributed by atoms with van der Waals surface area (Å²) in [7, 11) is 0. The number of carbonyl (C=O) groups excluding carboxylic acids is 1. The standard InChI is InChI=1S/C12H20N2O3S/c1-12(2,3)17-11(15)14-8-5-6-9(14)10(18-4)13(16)7-8/h8-9H,5-7H2,1-4H3. The van der Waals surface area contributed by atoms with Gasteiger partial charge in [0.25, 0.3) is 0 Å². The van der Waals surface area contributed by atoms with Gasteiger partial charge in [0, 0.05) is 0 Å². The fourth-order valence-corrected chi connectivity index (χ4v) is 3.36. The van der Waals surface area contributed by atoms with Crippen molar-refractivity contribution in [3.63, 3.8) is 0 Å². The van der Waals surface area contributed by atoms with Crippen molar-refractivity contribution >= 4 is 22.9 Å². The average Bonchev–Trinajstić information content (AvgIpc) is 2.53. The molecule has 2 atom stereocenters. The first-order chi connectivity index (χ1) is 8.33. The molecule has 18 heavy (non-hydrogen) atoms. The molecule has 2 rings (SSSR count). The summed E-state index contributed by atoms with van der Waals surface area (Å²) >= 11 is 1.43. The number of rotatable bonds is 0. The van der Waals surface area contributed by atoms with Crippen LogP contribution in [-0.2, 0) is 4.74 Å². The van der Waals surface area contributed by atoms with Gasteiger partial charge in [-0.15, -0.1) is 0 Å². The highest BCUT2D eigenvalue weighted by atomic mass is 32.2. The molecule has 0 radical (unpaired) electrons. The van der Waals surface area contributed by atoms with Gasteiger partial charge >= 0.3 is 6.09 Å². The first kappa shape index (κ1) is 13.5. The lowest BCUT2D eigenvalue weighted by Gasteiger charge is -2.34. The van der Waals surface area contributed by atoms with E-state index >= 15 is 0 Å². The maximum atomic E-state index is 12.2. The van der Waals surface area contributed by atoms with Crippen LogP contribution in [0.4, 0.5) is 4.79 Å². The Bertz CT molecular complexity index is 389. The highest BCUT2D eigenvalue weighted by Crippen LogP contribution is 2.33. The van der Waals surface area contributed by atoms with E-state index in [4.69, 9.17) is 4.74 Å². The van der Waals surface area contributed by atoms with Crippen molar-refractivity contribution in [2.75, 3.05) is 12.8 Å². The summed E-state index contributed by atoms with van der Waals surface area (Å²) in [5, 5.41) is 12.6. The van der Waals surface area contributed by atoms with Gasteiger partial charge in [0.1, 0.15) is 11.6 Å². The second-order valence-electron chi connectivity index (χ2n) is 5.74. The zero-order valence-corrected chi connectivity index (χ0v) is 12.1. The minimum Gasteiger partial charge on any atom is -0.623 e. The Hall–Kier alpha value is -0.910. The Morgan fingerprint density at radius 3 is 2.72 bits per heavy atom. The minimum atomic E-state index is -0.495. The van der Waals surface area contributed by atoms with Crippen LogP contribution in [0.25, 0.3) is 0 Å². The van der Waals surface area contributed by atoms with Crippen LogP contribution in [0.3, 0.4) is 0 Å². The number of carbonyl (C=O) groups is 1. The van der Waals surface area contributed by atoms with Crippen molar-refractivity contribution in [2.24, 2.45) is 0 Å². The van der Waals surface area contributed by atoms with E-state index in [1.165, 1.54) is 11.8 Å². The number of amides is 1. The maximum absolute atomic E-state index is 12.2. The Morgan fingerprint density at radius 1 is 1.50 bits per heavy atom. The molecular formula is C12H20N2O3S. The molecule has 0 aromatic heterocycles. The zero-order valence-electron chi connectivity index (χ0n) is 11.3. The van der Waals surface area contributed by atoms with E-state index in [0.717, 1.165) is 22.6 Å². The number of thioether (sulfide) groups is 1. The monoisotopic (exact) mass is 272 g/mol. The molecule has 0 spiro atoms. The summed E-state index contributed by atoms with van der Waals surface area (Å²) in [5.41, 5.74) is -0.495. The molecule has 0 aromatic rings. The minimum absolute atomic E-state index is 0.00162. The van der Waals surface area contributed by atoms with Crippen LogP contribution >= 0.6 is 11.8 Å². The number of fused-ring (bicyclic) bond motifs is 2. The lowest BCUT2D eigenvalue weighted by Crippen LogP contribution is -2.54. The molecule has 0 N–H and O–H groups in total. The van der Waals surface area contributed by atoms with Crippen LogP contribution in [-0.4, -0.2) is 51.3 Å². The Balaban J connectivity index is 2.19. The van der Waals surface area contributed by atoms with Crippen LogP contribution in [0.1, 0.15) is 33.6 Å². The molecule has 2 aliphatic heterocycles. The van der Waals surface area contributed by atoms with E-state index in [-0.39, 0.29) is 18.2 Å². The van der Waals surface area contributed by atoms with Gasteiger partial charge in [-0.25, -0.2) is 4.79 Å². The summed E-state index contributed by atoms with van der Waals surface area (Å²) in [6, 6.07) is -0.0932. The third-order valence-corrected chi connectivity index (χ3v) is 4.12. The van der Waals surface area contributed by atoms with Gasteiger partial charge in [-0.1, -0.05) is 11.8 Å². The zero-order chi connectivity index (χ0) is 13.5. The van der Waals surface area contributed by atoms with E-state index < -0.39 is 5.60 Å². The highest BCUT2D eigenvalue weighted by molar-refractivity contribution is 8.13. The van der Waals surface area contributed by atoms with Crippen LogP contribution in [0.5, 0.6) is 0 Å². The molecule has 0 aromatic carbocycles. The summed E-state index contributed by atoms with van der Waals surface area (Å²) < 4.78 is 6.47. The normalized spacial score (nSPS) is 27.7. The van der Waals surface area contributed by atoms with Crippen molar-refractivity contribution in [1.82, 2.24) is 4.90 Å². The largest absolute Gasteiger partial charge is 0.623 e. The predicted octanol–water partition coefficient (Wildman–Crippen LogP) is 2.04. The fraction of sp³-hybridized carbons (Fsp3) is 0.833. The molecule has 0 saturated carbocycles. The summed E-state index contributed by atoms with van der Waals surface area (Å²) in [4.78, 5) is 14.0. The molecule has 2 aliphatic rings. The quantitative estimate of drug-likeness (QED) is 0.500. The van der Waals surface area contributed by atoms with Crippen LogP contribution < -0.4 is 0 Å². The average molecular weight is 272 g/mol. The van der Waals surface area contributed by atoms with E-state index in [2.05, 4.69) is 0 Å². The number of hydrogen-bond donors (Lipinski definition) is 0. The van der Waals surface area contributed by atoms with Gasteiger partial charge in [-0.2, -0.15) is 4.74 Å². The smallest absolute Gasteiger partial charge is 0.411 e. The molecule has 1 saturated heterocycles. The SMILES string of the molecule is CSC1=[N+]([O-])CC2CCC1N2C(=O)OC(C)(C)C. The van der Waals surface area contributed by atoms with Crippen molar-refractivity contribution in [1.29, 1.82) is 0 Å². The molecule has 2 unspecified atom stereocenters. The Kier molecular flexibility index (Phi) is 3.49. The van der Waals surface area contributed by atoms with Crippen molar-refractivity contribution < 1.29 is 14.3 Å². The van der Waals surface area contributed by atoms with Crippen molar-refractivity contribution in [3.8, 4) is 0 Å². The van der Waals surface area contributed by atoms with E-state index in [9.17, 15) is 10.0 Å². The lowest BCUT2D eigenvalue weighted by molar-refractivity contribution is -0.468. The Labute approximate surface area is 112 Å². The van der Waals surface area contributed by atoms with E-state index in [0.29, 0.717) is 6.54 Å². The van der Waals surface area contributed by atoms with Gasteiger partial charge in [0.15, 0.2) is 6.54 Å². The highest BCUT2D eigenvalue weighted by Gasteiger charge is 2.49. The number of nitrogens with zero attached hydrogens (tertiary/aromatic N) is 2. The molecule has 102 valence electrons. The van der Waals surface area contributed by atoms with Crippen LogP contribution in [0.15, 0.2) is 0 Å². The number of ether oxygens (including phenoxy) is 1.